The van der Waals surface area contributed by atoms with Gasteiger partial charge in [-0.25, -0.2) is 0 Å². The van der Waals surface area contributed by atoms with E-state index in [9.17, 15) is 15.0 Å². The van der Waals surface area contributed by atoms with Crippen LogP contribution in [0.2, 0.25) is 0 Å². The number of carboxylic acid groups (broad SMARTS) is 1. The fourth-order valence-electron chi connectivity index (χ4n) is 1.97. The minimum Gasteiger partial charge on any atom is -0.544 e. The molecular formula is C14H21NO3. The summed E-state index contributed by atoms with van der Waals surface area (Å²) in [5.74, 6) is -0.902. The van der Waals surface area contributed by atoms with E-state index in [1.807, 2.05) is 20.8 Å². The first-order chi connectivity index (χ1) is 8.11. The van der Waals surface area contributed by atoms with Gasteiger partial charge in [-0.15, -0.1) is 0 Å². The predicted octanol–water partition coefficient (Wildman–Crippen LogP) is 0.162. The molecule has 0 fully saturated rings. The van der Waals surface area contributed by atoms with Gasteiger partial charge in [-0.2, -0.15) is 0 Å². The van der Waals surface area contributed by atoms with Crippen molar-refractivity contribution in [3.8, 4) is 5.75 Å². The van der Waals surface area contributed by atoms with Gasteiger partial charge in [0, 0.05) is 5.56 Å². The molecule has 0 saturated carbocycles. The number of aliphatic carboxylic acids is 1. The first kappa shape index (κ1) is 14.5. The van der Waals surface area contributed by atoms with Gasteiger partial charge in [0.15, 0.2) is 6.04 Å². The SMILES string of the molecule is Cc1cc([C@H]([NH2+]C(C)(C)C)C(=O)[O-])cc(C)c1O. The van der Waals surface area contributed by atoms with E-state index in [-0.39, 0.29) is 11.3 Å². The van der Waals surface area contributed by atoms with Gasteiger partial charge in [0.25, 0.3) is 0 Å². The van der Waals surface area contributed by atoms with Gasteiger partial charge in [0.05, 0.1) is 5.54 Å². The van der Waals surface area contributed by atoms with Crippen LogP contribution in [0.3, 0.4) is 0 Å². The summed E-state index contributed by atoms with van der Waals surface area (Å²) in [7, 11) is 0. The maximum absolute atomic E-state index is 11.3. The zero-order valence-electron chi connectivity index (χ0n) is 11.6. The Kier molecular flexibility index (Phi) is 4.02. The lowest BCUT2D eigenvalue weighted by molar-refractivity contribution is -0.747. The number of carboxylic acids is 1. The number of quaternary nitrogens is 1. The Bertz CT molecular complexity index is 438. The van der Waals surface area contributed by atoms with Crippen molar-refractivity contribution < 1.29 is 20.3 Å². The Morgan fingerprint density at radius 1 is 1.28 bits per heavy atom. The van der Waals surface area contributed by atoms with Crippen LogP contribution in [0.15, 0.2) is 12.1 Å². The molecule has 4 heteroatoms. The Labute approximate surface area is 108 Å². The van der Waals surface area contributed by atoms with Gasteiger partial charge in [-0.05, 0) is 57.9 Å². The van der Waals surface area contributed by atoms with E-state index >= 15 is 0 Å². The highest BCUT2D eigenvalue weighted by atomic mass is 16.4. The molecule has 1 atom stereocenters. The number of nitrogens with two attached hydrogens (primary N) is 1. The lowest BCUT2D eigenvalue weighted by Crippen LogP contribution is -2.96. The van der Waals surface area contributed by atoms with Crippen molar-refractivity contribution in [3.05, 3.63) is 28.8 Å². The third-order valence-electron chi connectivity index (χ3n) is 2.79. The monoisotopic (exact) mass is 251 g/mol. The van der Waals surface area contributed by atoms with Crippen molar-refractivity contribution in [1.82, 2.24) is 0 Å². The molecule has 1 aromatic carbocycles. The van der Waals surface area contributed by atoms with Crippen LogP contribution < -0.4 is 10.4 Å². The van der Waals surface area contributed by atoms with Crippen LogP contribution >= 0.6 is 0 Å². The zero-order chi connectivity index (χ0) is 14.1. The molecule has 0 aliphatic carbocycles. The van der Waals surface area contributed by atoms with Crippen molar-refractivity contribution >= 4 is 5.97 Å². The molecule has 0 saturated heterocycles. The Balaban J connectivity index is 3.19. The summed E-state index contributed by atoms with van der Waals surface area (Å²) in [6.07, 6.45) is 0. The average Bonchev–Trinajstić information content (AvgIpc) is 2.20. The number of carbonyl (C=O) groups is 1. The molecule has 0 spiro atoms. The Morgan fingerprint density at radius 3 is 2.06 bits per heavy atom. The molecule has 1 rings (SSSR count). The second-order valence-electron chi connectivity index (χ2n) is 5.83. The normalized spacial score (nSPS) is 13.4. The van der Waals surface area contributed by atoms with E-state index in [1.54, 1.807) is 31.3 Å². The van der Waals surface area contributed by atoms with Gasteiger partial charge in [0.2, 0.25) is 0 Å². The number of phenolic OH excluding ortho intramolecular Hbond substituents is 1. The highest BCUT2D eigenvalue weighted by Crippen LogP contribution is 2.25. The summed E-state index contributed by atoms with van der Waals surface area (Å²) in [5, 5.41) is 22.7. The zero-order valence-corrected chi connectivity index (χ0v) is 11.6. The quantitative estimate of drug-likeness (QED) is 0.803. The summed E-state index contributed by atoms with van der Waals surface area (Å²) in [6.45, 7) is 9.36. The highest BCUT2D eigenvalue weighted by Gasteiger charge is 2.25. The van der Waals surface area contributed by atoms with Crippen molar-refractivity contribution in [2.75, 3.05) is 0 Å². The first-order valence-electron chi connectivity index (χ1n) is 5.99. The van der Waals surface area contributed by atoms with Gasteiger partial charge in [-0.3, -0.25) is 0 Å². The number of benzene rings is 1. The van der Waals surface area contributed by atoms with E-state index in [0.29, 0.717) is 16.7 Å². The van der Waals surface area contributed by atoms with Crippen LogP contribution in [0.5, 0.6) is 5.75 Å². The number of hydrogen-bond acceptors (Lipinski definition) is 3. The van der Waals surface area contributed by atoms with Crippen molar-refractivity contribution in [2.45, 2.75) is 46.2 Å². The lowest BCUT2D eigenvalue weighted by atomic mass is 9.97. The third-order valence-corrected chi connectivity index (χ3v) is 2.79. The summed E-state index contributed by atoms with van der Waals surface area (Å²) in [5.41, 5.74) is 1.79. The first-order valence-corrected chi connectivity index (χ1v) is 5.99. The largest absolute Gasteiger partial charge is 0.544 e. The molecule has 0 aliphatic heterocycles. The van der Waals surface area contributed by atoms with Crippen LogP contribution in [-0.4, -0.2) is 16.6 Å². The van der Waals surface area contributed by atoms with Crippen molar-refractivity contribution in [3.63, 3.8) is 0 Å². The fourth-order valence-corrected chi connectivity index (χ4v) is 1.97. The van der Waals surface area contributed by atoms with Crippen LogP contribution in [-0.2, 0) is 4.79 Å². The molecule has 0 heterocycles. The molecule has 0 unspecified atom stereocenters. The number of hydrogen-bond donors (Lipinski definition) is 2. The van der Waals surface area contributed by atoms with Gasteiger partial charge >= 0.3 is 0 Å². The standard InChI is InChI=1S/C14H21NO3/c1-8-6-10(7-9(2)12(8)16)11(13(17)18)15-14(3,4)5/h6-7,11,15-16H,1-5H3,(H,17,18)/t11-/m0/s1. The van der Waals surface area contributed by atoms with Crippen LogP contribution in [0, 0.1) is 13.8 Å². The second kappa shape index (κ2) is 4.98. The molecule has 1 aromatic rings. The van der Waals surface area contributed by atoms with Crippen LogP contribution in [0.4, 0.5) is 0 Å². The Morgan fingerprint density at radius 2 is 1.72 bits per heavy atom. The smallest absolute Gasteiger partial charge is 0.152 e. The number of carbonyl (C=O) groups excluding carboxylic acids is 1. The summed E-state index contributed by atoms with van der Waals surface area (Å²) in [6, 6.07) is 2.64. The molecule has 100 valence electrons. The van der Waals surface area contributed by atoms with Crippen LogP contribution in [0.1, 0.15) is 43.5 Å². The average molecular weight is 251 g/mol. The van der Waals surface area contributed by atoms with Crippen molar-refractivity contribution in [1.29, 1.82) is 0 Å². The summed E-state index contributed by atoms with van der Waals surface area (Å²) in [4.78, 5) is 11.3. The summed E-state index contributed by atoms with van der Waals surface area (Å²) >= 11 is 0. The second-order valence-corrected chi connectivity index (χ2v) is 5.83. The molecule has 0 aromatic heterocycles. The van der Waals surface area contributed by atoms with Gasteiger partial charge in [-0.1, -0.05) is 0 Å². The van der Waals surface area contributed by atoms with E-state index in [1.165, 1.54) is 0 Å². The van der Waals surface area contributed by atoms with E-state index in [0.717, 1.165) is 0 Å². The fraction of sp³-hybridized carbons (Fsp3) is 0.500. The van der Waals surface area contributed by atoms with E-state index in [2.05, 4.69) is 0 Å². The molecule has 0 amide bonds. The van der Waals surface area contributed by atoms with Gasteiger partial charge in [0.1, 0.15) is 11.7 Å². The van der Waals surface area contributed by atoms with E-state index in [4.69, 9.17) is 0 Å². The van der Waals surface area contributed by atoms with E-state index < -0.39 is 12.0 Å². The minimum atomic E-state index is -1.12. The molecular weight excluding hydrogens is 230 g/mol. The molecule has 3 N–H and O–H groups in total. The maximum Gasteiger partial charge on any atom is 0.152 e. The third kappa shape index (κ3) is 3.47. The maximum atomic E-state index is 11.3. The highest BCUT2D eigenvalue weighted by molar-refractivity contribution is 5.72. The number of rotatable bonds is 3. The van der Waals surface area contributed by atoms with Gasteiger partial charge < -0.3 is 20.3 Å². The number of aromatic hydroxyl groups is 1. The predicted molar refractivity (Wildman–Crippen MR) is 67.0 cm³/mol. The molecule has 18 heavy (non-hydrogen) atoms. The topological polar surface area (TPSA) is 77.0 Å². The molecule has 4 nitrogen and oxygen atoms in total. The number of aryl methyl sites for hydroxylation is 2. The van der Waals surface area contributed by atoms with Crippen LogP contribution in [0.25, 0.3) is 0 Å². The molecule has 0 aliphatic rings. The molecule has 0 bridgehead atoms. The minimum absolute atomic E-state index is 0.214. The molecule has 0 radical (unpaired) electrons. The number of phenols is 1. The summed E-state index contributed by atoms with van der Waals surface area (Å²) < 4.78 is 0. The lowest BCUT2D eigenvalue weighted by Gasteiger charge is -2.26. The van der Waals surface area contributed by atoms with Crippen molar-refractivity contribution in [2.24, 2.45) is 0 Å². The Hall–Kier alpha value is -1.55.